The molecule has 1 aliphatic rings. The summed E-state index contributed by atoms with van der Waals surface area (Å²) in [6.45, 7) is 6.11. The molecular weight excluding hydrogens is 348 g/mol. The predicted octanol–water partition coefficient (Wildman–Crippen LogP) is 0.921. The van der Waals surface area contributed by atoms with Crippen molar-refractivity contribution in [3.05, 3.63) is 29.3 Å². The number of esters is 1. The summed E-state index contributed by atoms with van der Waals surface area (Å²) in [5.74, 6) is -1.91. The van der Waals surface area contributed by atoms with Crippen LogP contribution in [0.3, 0.4) is 0 Å². The Labute approximate surface area is 146 Å². The van der Waals surface area contributed by atoms with E-state index in [0.717, 1.165) is 10.4 Å². The molecule has 0 aliphatic carbocycles. The first-order valence-electron chi connectivity index (χ1n) is 7.57. The molecule has 0 bridgehead atoms. The minimum absolute atomic E-state index is 0.0254. The van der Waals surface area contributed by atoms with Gasteiger partial charge in [-0.25, -0.2) is 17.5 Å². The number of hydrogen-bond donors (Lipinski definition) is 1. The molecule has 1 heterocycles. The summed E-state index contributed by atoms with van der Waals surface area (Å²) < 4.78 is 30.5. The van der Waals surface area contributed by atoms with E-state index < -0.39 is 39.4 Å². The lowest BCUT2D eigenvalue weighted by atomic mass is 10.0. The van der Waals surface area contributed by atoms with E-state index in [0.29, 0.717) is 0 Å². The number of sulfonamides is 1. The fraction of sp³-hybridized carbons (Fsp3) is 0.438. The number of amides is 2. The number of rotatable bonds is 4. The average Bonchev–Trinajstić information content (AvgIpc) is 2.72. The maximum Gasteiger partial charge on any atom is 0.330 e. The fourth-order valence-electron chi connectivity index (χ4n) is 2.56. The van der Waals surface area contributed by atoms with Gasteiger partial charge in [-0.05, 0) is 45.9 Å². The lowest BCUT2D eigenvalue weighted by Gasteiger charge is -2.23. The van der Waals surface area contributed by atoms with Crippen LogP contribution < -0.4 is 5.32 Å². The third-order valence-corrected chi connectivity index (χ3v) is 5.80. The molecule has 1 aliphatic heterocycles. The summed E-state index contributed by atoms with van der Waals surface area (Å²) in [6.07, 6.45) is 0. The van der Waals surface area contributed by atoms with Crippen LogP contribution in [0.25, 0.3) is 0 Å². The Morgan fingerprint density at radius 3 is 2.36 bits per heavy atom. The molecule has 2 amide bonds. The van der Waals surface area contributed by atoms with Gasteiger partial charge in [0.15, 0.2) is 0 Å². The van der Waals surface area contributed by atoms with Gasteiger partial charge in [0, 0.05) is 11.6 Å². The third kappa shape index (κ3) is 3.11. The Morgan fingerprint density at radius 2 is 1.84 bits per heavy atom. The molecular formula is C16H20N2O6S. The second-order valence-electron chi connectivity index (χ2n) is 6.48. The highest BCUT2D eigenvalue weighted by Crippen LogP contribution is 2.32. The van der Waals surface area contributed by atoms with Gasteiger partial charge in [0.25, 0.3) is 21.8 Å². The molecule has 8 nitrogen and oxygen atoms in total. The Bertz CT molecular complexity index is 857. The minimum atomic E-state index is -4.00. The van der Waals surface area contributed by atoms with Gasteiger partial charge in [-0.3, -0.25) is 9.59 Å². The molecule has 0 aromatic heterocycles. The Morgan fingerprint density at radius 1 is 1.24 bits per heavy atom. The molecule has 136 valence electrons. The normalized spacial score (nSPS) is 15.9. The van der Waals surface area contributed by atoms with E-state index in [9.17, 15) is 22.8 Å². The van der Waals surface area contributed by atoms with Crippen molar-refractivity contribution in [1.82, 2.24) is 9.62 Å². The summed E-state index contributed by atoms with van der Waals surface area (Å²) >= 11 is 0. The predicted molar refractivity (Wildman–Crippen MR) is 88.5 cm³/mol. The molecule has 0 saturated heterocycles. The quantitative estimate of drug-likeness (QED) is 0.792. The standard InChI is InChI=1S/C16H20N2O6S/c1-9(2)18-14(20)11-7-6-10(8-12(11)25(18,22)23)13(19)17-16(3,4)15(21)24-5/h6-9H,1-5H3,(H,17,19). The molecule has 0 radical (unpaired) electrons. The van der Waals surface area contributed by atoms with Crippen LogP contribution in [0.15, 0.2) is 23.1 Å². The van der Waals surface area contributed by atoms with Crippen LogP contribution in [0, 0.1) is 0 Å². The molecule has 9 heteroatoms. The zero-order valence-electron chi connectivity index (χ0n) is 14.6. The van der Waals surface area contributed by atoms with Crippen LogP contribution in [0.5, 0.6) is 0 Å². The molecule has 0 saturated carbocycles. The van der Waals surface area contributed by atoms with Crippen molar-refractivity contribution in [3.63, 3.8) is 0 Å². The molecule has 0 unspecified atom stereocenters. The highest BCUT2D eigenvalue weighted by atomic mass is 32.2. The number of nitrogens with zero attached hydrogens (tertiary/aromatic N) is 1. The van der Waals surface area contributed by atoms with Crippen LogP contribution in [0.4, 0.5) is 0 Å². The van der Waals surface area contributed by atoms with Gasteiger partial charge in [0.1, 0.15) is 10.4 Å². The number of carbonyl (C=O) groups is 3. The van der Waals surface area contributed by atoms with E-state index in [4.69, 9.17) is 0 Å². The molecule has 1 aromatic carbocycles. The van der Waals surface area contributed by atoms with Crippen molar-refractivity contribution in [3.8, 4) is 0 Å². The van der Waals surface area contributed by atoms with Crippen LogP contribution in [0.2, 0.25) is 0 Å². The lowest BCUT2D eigenvalue weighted by molar-refractivity contribution is -0.146. The maximum absolute atomic E-state index is 12.5. The number of methoxy groups -OCH3 is 1. The van der Waals surface area contributed by atoms with E-state index >= 15 is 0 Å². The zero-order valence-corrected chi connectivity index (χ0v) is 15.4. The topological polar surface area (TPSA) is 110 Å². The largest absolute Gasteiger partial charge is 0.467 e. The van der Waals surface area contributed by atoms with Crippen molar-refractivity contribution >= 4 is 27.8 Å². The smallest absolute Gasteiger partial charge is 0.330 e. The molecule has 2 rings (SSSR count). The van der Waals surface area contributed by atoms with Crippen molar-refractivity contribution in [1.29, 1.82) is 0 Å². The zero-order chi connectivity index (χ0) is 19.2. The Balaban J connectivity index is 2.41. The molecule has 1 aromatic rings. The lowest BCUT2D eigenvalue weighted by Crippen LogP contribution is -2.50. The molecule has 0 atom stereocenters. The van der Waals surface area contributed by atoms with Gasteiger partial charge in [0.05, 0.1) is 12.7 Å². The second kappa shape index (κ2) is 6.14. The van der Waals surface area contributed by atoms with Crippen LogP contribution in [-0.4, -0.2) is 49.2 Å². The SMILES string of the molecule is COC(=O)C(C)(C)NC(=O)c1ccc2c(c1)S(=O)(=O)N(C(C)C)C2=O. The number of nitrogens with one attached hydrogen (secondary N) is 1. The first kappa shape index (κ1) is 18.9. The third-order valence-electron chi connectivity index (χ3n) is 3.80. The summed E-state index contributed by atoms with van der Waals surface area (Å²) in [6, 6.07) is 3.25. The number of benzene rings is 1. The summed E-state index contributed by atoms with van der Waals surface area (Å²) in [5, 5.41) is 2.48. The summed E-state index contributed by atoms with van der Waals surface area (Å²) in [5.41, 5.74) is -1.24. The fourth-order valence-corrected chi connectivity index (χ4v) is 4.35. The first-order valence-corrected chi connectivity index (χ1v) is 9.01. The molecule has 0 spiro atoms. The van der Waals surface area contributed by atoms with E-state index in [2.05, 4.69) is 10.1 Å². The summed E-state index contributed by atoms with van der Waals surface area (Å²) in [7, 11) is -2.80. The number of hydrogen-bond acceptors (Lipinski definition) is 6. The summed E-state index contributed by atoms with van der Waals surface area (Å²) in [4.78, 5) is 36.1. The van der Waals surface area contributed by atoms with Crippen molar-refractivity contribution in [2.45, 2.75) is 44.2 Å². The van der Waals surface area contributed by atoms with E-state index in [-0.39, 0.29) is 16.0 Å². The van der Waals surface area contributed by atoms with Gasteiger partial charge in [-0.1, -0.05) is 0 Å². The van der Waals surface area contributed by atoms with E-state index in [1.165, 1.54) is 33.1 Å². The molecule has 25 heavy (non-hydrogen) atoms. The highest BCUT2D eigenvalue weighted by Gasteiger charge is 2.43. The Kier molecular flexibility index (Phi) is 4.65. The maximum atomic E-state index is 12.5. The van der Waals surface area contributed by atoms with Crippen molar-refractivity contribution < 1.29 is 27.5 Å². The minimum Gasteiger partial charge on any atom is -0.467 e. The first-order chi connectivity index (χ1) is 11.4. The van der Waals surface area contributed by atoms with Crippen LogP contribution in [-0.2, 0) is 19.6 Å². The van der Waals surface area contributed by atoms with Gasteiger partial charge in [0.2, 0.25) is 0 Å². The monoisotopic (exact) mass is 368 g/mol. The van der Waals surface area contributed by atoms with Gasteiger partial charge in [-0.2, -0.15) is 0 Å². The second-order valence-corrected chi connectivity index (χ2v) is 8.26. The molecule has 1 N–H and O–H groups in total. The van der Waals surface area contributed by atoms with E-state index in [1.807, 2.05) is 0 Å². The van der Waals surface area contributed by atoms with Crippen molar-refractivity contribution in [2.75, 3.05) is 7.11 Å². The number of ether oxygens (including phenoxy) is 1. The highest BCUT2D eigenvalue weighted by molar-refractivity contribution is 7.90. The number of carbonyl (C=O) groups excluding carboxylic acids is 3. The average molecular weight is 368 g/mol. The van der Waals surface area contributed by atoms with Crippen LogP contribution in [0.1, 0.15) is 48.4 Å². The van der Waals surface area contributed by atoms with Gasteiger partial charge < -0.3 is 10.1 Å². The van der Waals surface area contributed by atoms with E-state index in [1.54, 1.807) is 13.8 Å². The van der Waals surface area contributed by atoms with Crippen LogP contribution >= 0.6 is 0 Å². The molecule has 0 fully saturated rings. The Hall–Kier alpha value is -2.42. The van der Waals surface area contributed by atoms with Gasteiger partial charge >= 0.3 is 5.97 Å². The van der Waals surface area contributed by atoms with Gasteiger partial charge in [-0.15, -0.1) is 0 Å². The van der Waals surface area contributed by atoms with Crippen molar-refractivity contribution in [2.24, 2.45) is 0 Å². The number of fused-ring (bicyclic) bond motifs is 1.